The second-order valence-electron chi connectivity index (χ2n) is 13.6. The van der Waals surface area contributed by atoms with E-state index >= 15 is 0 Å². The summed E-state index contributed by atoms with van der Waals surface area (Å²) in [6.07, 6.45) is 7.89. The van der Waals surface area contributed by atoms with Crippen molar-refractivity contribution >= 4 is 49.3 Å². The number of rotatable bonds is 3. The Balaban J connectivity index is 1.04. The average molecular weight is 638 g/mol. The molecule has 1 atom stereocenters. The highest BCUT2D eigenvalue weighted by Crippen LogP contribution is 2.50. The van der Waals surface area contributed by atoms with E-state index in [4.69, 9.17) is 4.42 Å². The van der Waals surface area contributed by atoms with E-state index in [9.17, 15) is 0 Å². The predicted octanol–water partition coefficient (Wildman–Crippen LogP) is 13.1. The van der Waals surface area contributed by atoms with E-state index in [1.165, 1.54) is 71.9 Å². The number of nitrogens with zero attached hydrogens (tertiary/aromatic N) is 1. The van der Waals surface area contributed by atoms with E-state index in [-0.39, 0.29) is 0 Å². The van der Waals surface area contributed by atoms with Crippen LogP contribution in [0.25, 0.3) is 88.4 Å². The zero-order valence-electron chi connectivity index (χ0n) is 27.3. The van der Waals surface area contributed by atoms with Crippen molar-refractivity contribution in [3.05, 3.63) is 181 Å². The van der Waals surface area contributed by atoms with Gasteiger partial charge in [0.2, 0.25) is 0 Å². The van der Waals surface area contributed by atoms with E-state index in [2.05, 4.69) is 162 Å². The minimum Gasteiger partial charge on any atom is -0.456 e. The summed E-state index contributed by atoms with van der Waals surface area (Å²) in [5.74, 6) is 0.433. The van der Waals surface area contributed by atoms with Gasteiger partial charge in [0, 0.05) is 33.2 Å². The number of hydrogen-bond acceptors (Lipinski definition) is 1. The lowest BCUT2D eigenvalue weighted by Gasteiger charge is -2.32. The summed E-state index contributed by atoms with van der Waals surface area (Å²) >= 11 is 0. The molecule has 11 rings (SSSR count). The highest BCUT2D eigenvalue weighted by atomic mass is 16.3. The Bertz CT molecular complexity index is 2910. The van der Waals surface area contributed by atoms with Crippen LogP contribution in [0.4, 0.5) is 0 Å². The molecule has 2 aromatic heterocycles. The van der Waals surface area contributed by atoms with Gasteiger partial charge in [-0.25, -0.2) is 0 Å². The molecule has 9 aromatic rings. The minimum atomic E-state index is 0.433. The third kappa shape index (κ3) is 4.02. The Morgan fingerprint density at radius 3 is 2.16 bits per heavy atom. The van der Waals surface area contributed by atoms with Crippen molar-refractivity contribution in [2.24, 2.45) is 0 Å². The molecule has 234 valence electrons. The van der Waals surface area contributed by atoms with Crippen LogP contribution >= 0.6 is 0 Å². The van der Waals surface area contributed by atoms with Crippen LogP contribution in [0.5, 0.6) is 0 Å². The molecule has 0 N–H and O–H groups in total. The molecule has 0 radical (unpaired) electrons. The van der Waals surface area contributed by atoms with E-state index in [0.29, 0.717) is 5.92 Å². The van der Waals surface area contributed by atoms with Gasteiger partial charge >= 0.3 is 0 Å². The number of allylic oxidation sites excluding steroid dienone is 4. The molecule has 0 fully saturated rings. The maximum absolute atomic E-state index is 6.12. The van der Waals surface area contributed by atoms with Crippen molar-refractivity contribution in [3.8, 4) is 39.1 Å². The second kappa shape index (κ2) is 10.6. The lowest BCUT2D eigenvalue weighted by molar-refractivity contribution is 0.669. The summed E-state index contributed by atoms with van der Waals surface area (Å²) in [6.45, 7) is 0. The second-order valence-corrected chi connectivity index (χ2v) is 13.6. The van der Waals surface area contributed by atoms with Gasteiger partial charge in [-0.3, -0.25) is 0 Å². The molecular weight excluding hydrogens is 607 g/mol. The number of aromatic nitrogens is 1. The molecule has 2 nitrogen and oxygen atoms in total. The van der Waals surface area contributed by atoms with Gasteiger partial charge in [-0.2, -0.15) is 0 Å². The predicted molar refractivity (Wildman–Crippen MR) is 209 cm³/mol. The molecule has 0 bridgehead atoms. The fourth-order valence-corrected chi connectivity index (χ4v) is 8.61. The Kier molecular flexibility index (Phi) is 5.82. The van der Waals surface area contributed by atoms with E-state index < -0.39 is 0 Å². The summed E-state index contributed by atoms with van der Waals surface area (Å²) < 4.78 is 8.54. The SMILES string of the molecule is C1=CCC2C(=C1)c1ccc(-c3cccc(-n4c5ccccc5c5cc(-c6ccc7oc8ccccc8c7c6)ccc54)c3)cc1-c1ccccc12. The summed E-state index contributed by atoms with van der Waals surface area (Å²) in [7, 11) is 0. The molecule has 1 unspecified atom stereocenters. The first-order valence-electron chi connectivity index (χ1n) is 17.4. The van der Waals surface area contributed by atoms with Crippen LogP contribution in [0.2, 0.25) is 0 Å². The van der Waals surface area contributed by atoms with E-state index in [1.54, 1.807) is 0 Å². The van der Waals surface area contributed by atoms with Crippen LogP contribution in [0, 0.1) is 0 Å². The van der Waals surface area contributed by atoms with Gasteiger partial charge in [0.05, 0.1) is 11.0 Å². The van der Waals surface area contributed by atoms with Crippen molar-refractivity contribution in [2.75, 3.05) is 0 Å². The fourth-order valence-electron chi connectivity index (χ4n) is 8.61. The monoisotopic (exact) mass is 637 g/mol. The topological polar surface area (TPSA) is 18.1 Å². The van der Waals surface area contributed by atoms with Crippen molar-refractivity contribution in [1.29, 1.82) is 0 Å². The van der Waals surface area contributed by atoms with Gasteiger partial charge in [0.15, 0.2) is 0 Å². The van der Waals surface area contributed by atoms with Crippen LogP contribution in [0.3, 0.4) is 0 Å². The van der Waals surface area contributed by atoms with Crippen molar-refractivity contribution in [2.45, 2.75) is 12.3 Å². The number of fused-ring (bicyclic) bond motifs is 12. The molecule has 50 heavy (non-hydrogen) atoms. The lowest BCUT2D eigenvalue weighted by Crippen LogP contribution is -2.11. The van der Waals surface area contributed by atoms with Crippen LogP contribution in [0.1, 0.15) is 23.5 Å². The van der Waals surface area contributed by atoms with Crippen LogP contribution < -0.4 is 0 Å². The molecule has 0 spiro atoms. The first-order valence-corrected chi connectivity index (χ1v) is 17.4. The van der Waals surface area contributed by atoms with Gasteiger partial charge in [-0.15, -0.1) is 0 Å². The molecular formula is C48H31NO. The van der Waals surface area contributed by atoms with Crippen LogP contribution in [-0.4, -0.2) is 4.57 Å². The number of hydrogen-bond donors (Lipinski definition) is 0. The molecule has 0 aliphatic heterocycles. The van der Waals surface area contributed by atoms with Gasteiger partial charge in [-0.05, 0) is 111 Å². The smallest absolute Gasteiger partial charge is 0.135 e. The van der Waals surface area contributed by atoms with Crippen molar-refractivity contribution in [1.82, 2.24) is 4.57 Å². The molecule has 7 aromatic carbocycles. The number of furan rings is 1. The highest BCUT2D eigenvalue weighted by Gasteiger charge is 2.29. The Labute approximate surface area is 289 Å². The normalized spacial score (nSPS) is 15.0. The van der Waals surface area contributed by atoms with E-state index in [0.717, 1.165) is 34.0 Å². The van der Waals surface area contributed by atoms with E-state index in [1.807, 2.05) is 12.1 Å². The molecule has 0 saturated carbocycles. The Morgan fingerprint density at radius 1 is 0.480 bits per heavy atom. The zero-order valence-corrected chi connectivity index (χ0v) is 27.3. The molecule has 0 saturated heterocycles. The van der Waals surface area contributed by atoms with Crippen LogP contribution in [0.15, 0.2) is 174 Å². The maximum Gasteiger partial charge on any atom is 0.135 e. The summed E-state index contributed by atoms with van der Waals surface area (Å²) in [5.41, 5.74) is 17.1. The van der Waals surface area contributed by atoms with Crippen LogP contribution in [-0.2, 0) is 0 Å². The van der Waals surface area contributed by atoms with Crippen molar-refractivity contribution < 1.29 is 4.42 Å². The summed E-state index contributed by atoms with van der Waals surface area (Å²) in [6, 6.07) is 55.5. The fraction of sp³-hybridized carbons (Fsp3) is 0.0417. The highest BCUT2D eigenvalue weighted by molar-refractivity contribution is 6.11. The summed E-state index contributed by atoms with van der Waals surface area (Å²) in [4.78, 5) is 0. The van der Waals surface area contributed by atoms with Gasteiger partial charge < -0.3 is 8.98 Å². The molecule has 2 heterocycles. The molecule has 2 aliphatic rings. The maximum atomic E-state index is 6.12. The van der Waals surface area contributed by atoms with Gasteiger partial charge in [0.25, 0.3) is 0 Å². The van der Waals surface area contributed by atoms with Gasteiger partial charge in [0.1, 0.15) is 11.2 Å². The molecule has 0 amide bonds. The third-order valence-electron chi connectivity index (χ3n) is 10.9. The quantitative estimate of drug-likeness (QED) is 0.188. The third-order valence-corrected chi connectivity index (χ3v) is 10.9. The number of benzene rings is 7. The van der Waals surface area contributed by atoms with Crippen molar-refractivity contribution in [3.63, 3.8) is 0 Å². The lowest BCUT2D eigenvalue weighted by atomic mass is 9.72. The minimum absolute atomic E-state index is 0.433. The number of para-hydroxylation sites is 2. The standard InChI is InChI=1S/C48H31NO/c1-2-14-37-35(12-1)36-13-3-4-15-38(36)42-27-31(20-23-39(37)42)30-10-9-11-34(26-30)49-45-18-7-5-16-40(45)43-28-32(21-24-46(43)49)33-22-25-48-44(29-33)41-17-6-8-19-47(41)50-48/h1-11,13-29,35H,12H2. The summed E-state index contributed by atoms with van der Waals surface area (Å²) in [5, 5.41) is 4.79. The average Bonchev–Trinajstić information content (AvgIpc) is 3.73. The zero-order chi connectivity index (χ0) is 32.8. The Hall–Kier alpha value is -6.38. The van der Waals surface area contributed by atoms with Gasteiger partial charge in [-0.1, -0.05) is 115 Å². The Morgan fingerprint density at radius 2 is 1.20 bits per heavy atom. The molecule has 2 heteroatoms. The first kappa shape index (κ1) is 27.6. The molecule has 2 aliphatic carbocycles. The first-order chi connectivity index (χ1) is 24.8. The largest absolute Gasteiger partial charge is 0.456 e.